The topological polar surface area (TPSA) is 98.0 Å². The van der Waals surface area contributed by atoms with Gasteiger partial charge in [0.05, 0.1) is 16.8 Å². The minimum atomic E-state index is -3.80. The highest BCUT2D eigenvalue weighted by atomic mass is 79.9. The summed E-state index contributed by atoms with van der Waals surface area (Å²) >= 11 is 3.18. The average Bonchev–Trinajstić information content (AvgIpc) is 2.62. The summed E-state index contributed by atoms with van der Waals surface area (Å²) in [5.74, 6) is -0.347. The Kier molecular flexibility index (Phi) is 5.75. The number of rotatable bonds is 4. The summed E-state index contributed by atoms with van der Waals surface area (Å²) in [5.41, 5.74) is 6.36. The number of aromatic nitrogens is 2. The highest BCUT2D eigenvalue weighted by Crippen LogP contribution is 2.32. The van der Waals surface area contributed by atoms with Gasteiger partial charge in [0.1, 0.15) is 10.4 Å². The van der Waals surface area contributed by atoms with Gasteiger partial charge in [-0.2, -0.15) is 0 Å². The molecule has 0 atom stereocenters. The number of hydrogen-bond donors (Lipinski definition) is 2. The zero-order valence-electron chi connectivity index (χ0n) is 16.1. The van der Waals surface area contributed by atoms with Gasteiger partial charge in [0, 0.05) is 16.7 Å². The number of halogens is 2. The Hall–Kier alpha value is -2.36. The van der Waals surface area contributed by atoms with Crippen LogP contribution >= 0.6 is 15.9 Å². The number of nitrogen functional groups attached to an aromatic ring is 1. The first-order chi connectivity index (χ1) is 13.5. The van der Waals surface area contributed by atoms with Crippen molar-refractivity contribution < 1.29 is 12.8 Å². The Morgan fingerprint density at radius 2 is 1.79 bits per heavy atom. The van der Waals surface area contributed by atoms with Crippen LogP contribution in [0, 0.1) is 5.82 Å². The van der Waals surface area contributed by atoms with E-state index in [0.29, 0.717) is 21.4 Å². The van der Waals surface area contributed by atoms with Crippen LogP contribution in [0.4, 0.5) is 10.2 Å². The molecule has 0 spiro atoms. The number of hydrogen-bond acceptors (Lipinski definition) is 5. The molecule has 3 N–H and O–H groups in total. The number of nitrogens with two attached hydrogens (primary N) is 1. The molecular formula is C20H20BrFN4O2S. The smallest absolute Gasteiger partial charge is 0.241 e. The summed E-state index contributed by atoms with van der Waals surface area (Å²) in [5, 5.41) is 0. The van der Waals surface area contributed by atoms with Gasteiger partial charge < -0.3 is 5.73 Å². The van der Waals surface area contributed by atoms with Gasteiger partial charge >= 0.3 is 0 Å². The van der Waals surface area contributed by atoms with E-state index in [2.05, 4.69) is 30.6 Å². The lowest BCUT2D eigenvalue weighted by atomic mass is 10.0. The Morgan fingerprint density at radius 1 is 1.10 bits per heavy atom. The second-order valence-corrected chi connectivity index (χ2v) is 9.88. The molecule has 0 saturated heterocycles. The van der Waals surface area contributed by atoms with E-state index in [4.69, 9.17) is 5.73 Å². The van der Waals surface area contributed by atoms with Gasteiger partial charge in [-0.1, -0.05) is 24.3 Å². The number of nitrogens with zero attached hydrogens (tertiary/aromatic N) is 2. The van der Waals surface area contributed by atoms with E-state index in [1.165, 1.54) is 24.4 Å². The van der Waals surface area contributed by atoms with Gasteiger partial charge in [-0.15, -0.1) is 0 Å². The van der Waals surface area contributed by atoms with Crippen molar-refractivity contribution in [2.75, 3.05) is 5.73 Å². The molecule has 3 rings (SSSR count). The van der Waals surface area contributed by atoms with Crippen LogP contribution in [0.1, 0.15) is 20.8 Å². The van der Waals surface area contributed by atoms with Gasteiger partial charge in [0.2, 0.25) is 10.0 Å². The van der Waals surface area contributed by atoms with Gasteiger partial charge in [0.25, 0.3) is 0 Å². The second-order valence-electron chi connectivity index (χ2n) is 7.48. The molecule has 6 nitrogen and oxygen atoms in total. The molecule has 1 heterocycles. The summed E-state index contributed by atoms with van der Waals surface area (Å²) in [4.78, 5) is 8.24. The second kappa shape index (κ2) is 7.81. The summed E-state index contributed by atoms with van der Waals surface area (Å²) in [6.45, 7) is 5.27. The number of nitrogens with one attached hydrogen (secondary N) is 1. The van der Waals surface area contributed by atoms with E-state index in [0.717, 1.165) is 0 Å². The number of benzene rings is 2. The first-order valence-electron chi connectivity index (χ1n) is 8.69. The average molecular weight is 479 g/mol. The van der Waals surface area contributed by atoms with Crippen molar-refractivity contribution in [1.82, 2.24) is 14.7 Å². The van der Waals surface area contributed by atoms with E-state index in [1.807, 2.05) is 0 Å². The van der Waals surface area contributed by atoms with E-state index in [-0.39, 0.29) is 16.3 Å². The Labute approximate surface area is 177 Å². The van der Waals surface area contributed by atoms with Crippen LogP contribution < -0.4 is 10.5 Å². The molecule has 0 bridgehead atoms. The van der Waals surface area contributed by atoms with Crippen molar-refractivity contribution >= 4 is 31.8 Å². The van der Waals surface area contributed by atoms with Crippen molar-refractivity contribution in [3.63, 3.8) is 0 Å². The normalized spacial score (nSPS) is 12.2. The zero-order chi connectivity index (χ0) is 21.4. The molecule has 0 radical (unpaired) electrons. The molecule has 0 amide bonds. The van der Waals surface area contributed by atoms with Crippen molar-refractivity contribution in [3.8, 4) is 22.4 Å². The molecule has 0 fully saturated rings. The predicted octanol–water partition coefficient (Wildman–Crippen LogP) is 4.37. The molecule has 0 saturated carbocycles. The lowest BCUT2D eigenvalue weighted by molar-refractivity contribution is 0.491. The molecule has 2 aromatic carbocycles. The SMILES string of the molecule is CC(C)(C)NS(=O)(=O)c1ccccc1-c1ccc(-c2cnc(N)c(Br)n2)c(F)c1. The fraction of sp³-hybridized carbons (Fsp3) is 0.200. The summed E-state index contributed by atoms with van der Waals surface area (Å²) < 4.78 is 43.5. The summed E-state index contributed by atoms with van der Waals surface area (Å²) in [7, 11) is -3.80. The van der Waals surface area contributed by atoms with Crippen molar-refractivity contribution in [3.05, 3.63) is 59.1 Å². The van der Waals surface area contributed by atoms with Crippen LogP contribution in [0.2, 0.25) is 0 Å². The monoisotopic (exact) mass is 478 g/mol. The highest BCUT2D eigenvalue weighted by molar-refractivity contribution is 9.10. The Balaban J connectivity index is 2.07. The number of sulfonamides is 1. The molecule has 0 aliphatic rings. The molecule has 0 aliphatic carbocycles. The van der Waals surface area contributed by atoms with E-state index >= 15 is 0 Å². The highest BCUT2D eigenvalue weighted by Gasteiger charge is 2.25. The Bertz CT molecular complexity index is 1180. The minimum absolute atomic E-state index is 0.0806. The van der Waals surface area contributed by atoms with Gasteiger partial charge in [-0.05, 0) is 60.5 Å². The van der Waals surface area contributed by atoms with Crippen LogP contribution in [-0.4, -0.2) is 23.9 Å². The third kappa shape index (κ3) is 4.80. The fourth-order valence-corrected chi connectivity index (χ4v) is 4.74. The van der Waals surface area contributed by atoms with Gasteiger partial charge in [0.15, 0.2) is 5.82 Å². The molecule has 0 unspecified atom stereocenters. The summed E-state index contributed by atoms with van der Waals surface area (Å²) in [6, 6.07) is 11.0. The zero-order valence-corrected chi connectivity index (χ0v) is 18.5. The first-order valence-corrected chi connectivity index (χ1v) is 11.0. The van der Waals surface area contributed by atoms with E-state index in [1.54, 1.807) is 45.0 Å². The third-order valence-electron chi connectivity index (χ3n) is 3.93. The van der Waals surface area contributed by atoms with E-state index in [9.17, 15) is 12.8 Å². The maximum absolute atomic E-state index is 14.9. The van der Waals surface area contributed by atoms with Crippen LogP contribution in [0.25, 0.3) is 22.4 Å². The van der Waals surface area contributed by atoms with Crippen LogP contribution in [0.15, 0.2) is 58.2 Å². The molecule has 29 heavy (non-hydrogen) atoms. The van der Waals surface area contributed by atoms with Crippen LogP contribution in [-0.2, 0) is 10.0 Å². The third-order valence-corrected chi connectivity index (χ3v) is 6.33. The predicted molar refractivity (Wildman–Crippen MR) is 115 cm³/mol. The quantitative estimate of drug-likeness (QED) is 0.579. The Morgan fingerprint density at radius 3 is 2.41 bits per heavy atom. The van der Waals surface area contributed by atoms with E-state index < -0.39 is 21.4 Å². The largest absolute Gasteiger partial charge is 0.381 e. The maximum Gasteiger partial charge on any atom is 0.241 e. The van der Waals surface area contributed by atoms with Crippen molar-refractivity contribution in [2.45, 2.75) is 31.2 Å². The molecule has 0 aliphatic heterocycles. The minimum Gasteiger partial charge on any atom is -0.381 e. The van der Waals surface area contributed by atoms with Gasteiger partial charge in [-0.25, -0.2) is 27.5 Å². The maximum atomic E-state index is 14.9. The lowest BCUT2D eigenvalue weighted by Crippen LogP contribution is -2.40. The van der Waals surface area contributed by atoms with Gasteiger partial charge in [-0.3, -0.25) is 0 Å². The van der Waals surface area contributed by atoms with Crippen molar-refractivity contribution in [1.29, 1.82) is 0 Å². The standard InChI is InChI=1S/C20H20BrFN4O2S/c1-20(2,3)26-29(27,28)17-7-5-4-6-13(17)12-8-9-14(15(22)10-12)16-11-24-19(23)18(21)25-16/h4-11,26H,1-3H3,(H2,23,24). The molecule has 1 aromatic heterocycles. The molecule has 3 aromatic rings. The first kappa shape index (κ1) is 21.4. The van der Waals surface area contributed by atoms with Crippen molar-refractivity contribution in [2.24, 2.45) is 0 Å². The lowest BCUT2D eigenvalue weighted by Gasteiger charge is -2.21. The van der Waals surface area contributed by atoms with Crippen LogP contribution in [0.3, 0.4) is 0 Å². The molecular weight excluding hydrogens is 459 g/mol. The van der Waals surface area contributed by atoms with Crippen LogP contribution in [0.5, 0.6) is 0 Å². The number of anilines is 1. The molecule has 9 heteroatoms. The summed E-state index contributed by atoms with van der Waals surface area (Å²) in [6.07, 6.45) is 1.38. The fourth-order valence-electron chi connectivity index (χ4n) is 2.79. The molecule has 152 valence electrons.